The van der Waals surface area contributed by atoms with Crippen LogP contribution >= 0.6 is 0 Å². The van der Waals surface area contributed by atoms with Gasteiger partial charge < -0.3 is 23.7 Å². The van der Waals surface area contributed by atoms with Crippen LogP contribution in [0.3, 0.4) is 0 Å². The SMILES string of the molecule is COc1ccc(C(OCc2ccc3c(c2)OCc2cc(OC)ccc2-3)(c2ccccc2)c2ccc(OC)cc2)cc1. The molecule has 1 aliphatic rings. The number of rotatable bonds is 9. The number of hydrogen-bond donors (Lipinski definition) is 0. The minimum absolute atomic E-state index is 0.360. The molecule has 0 saturated heterocycles. The largest absolute Gasteiger partial charge is 0.497 e. The summed E-state index contributed by atoms with van der Waals surface area (Å²) < 4.78 is 29.6. The Balaban J connectivity index is 1.41. The van der Waals surface area contributed by atoms with Gasteiger partial charge in [0.25, 0.3) is 0 Å². The van der Waals surface area contributed by atoms with E-state index in [4.69, 9.17) is 23.7 Å². The summed E-state index contributed by atoms with van der Waals surface area (Å²) in [7, 11) is 5.03. The summed E-state index contributed by atoms with van der Waals surface area (Å²) in [6.07, 6.45) is 0. The lowest BCUT2D eigenvalue weighted by atomic mass is 9.80. The summed E-state index contributed by atoms with van der Waals surface area (Å²) in [6, 6.07) is 38.9. The first-order valence-corrected chi connectivity index (χ1v) is 13.6. The zero-order valence-corrected chi connectivity index (χ0v) is 23.4. The zero-order valence-electron chi connectivity index (χ0n) is 23.4. The summed E-state index contributed by atoms with van der Waals surface area (Å²) in [6.45, 7) is 0.856. The molecule has 0 saturated carbocycles. The van der Waals surface area contributed by atoms with E-state index in [1.807, 2.05) is 54.6 Å². The van der Waals surface area contributed by atoms with Crippen molar-refractivity contribution in [3.8, 4) is 34.1 Å². The Kier molecular flexibility index (Phi) is 7.36. The third kappa shape index (κ3) is 5.01. The van der Waals surface area contributed by atoms with E-state index in [0.717, 1.165) is 61.9 Å². The fourth-order valence-corrected chi connectivity index (χ4v) is 5.50. The van der Waals surface area contributed by atoms with Crippen LogP contribution < -0.4 is 18.9 Å². The van der Waals surface area contributed by atoms with Crippen LogP contribution in [0.2, 0.25) is 0 Å². The summed E-state index contributed by atoms with van der Waals surface area (Å²) in [5.74, 6) is 3.25. The van der Waals surface area contributed by atoms with E-state index in [-0.39, 0.29) is 0 Å². The molecule has 0 atom stereocenters. The van der Waals surface area contributed by atoms with E-state index in [9.17, 15) is 0 Å². The van der Waals surface area contributed by atoms with Crippen LogP contribution in [0.1, 0.15) is 27.8 Å². The molecule has 5 heteroatoms. The van der Waals surface area contributed by atoms with E-state index >= 15 is 0 Å². The van der Waals surface area contributed by atoms with E-state index in [2.05, 4.69) is 60.7 Å². The Morgan fingerprint density at radius 1 is 0.585 bits per heavy atom. The lowest BCUT2D eigenvalue weighted by Gasteiger charge is -2.36. The van der Waals surface area contributed by atoms with Gasteiger partial charge >= 0.3 is 0 Å². The molecule has 1 heterocycles. The molecule has 41 heavy (non-hydrogen) atoms. The van der Waals surface area contributed by atoms with Crippen LogP contribution in [0, 0.1) is 0 Å². The zero-order chi connectivity index (χ0) is 28.2. The minimum atomic E-state index is -0.889. The number of benzene rings is 5. The monoisotopic (exact) mass is 544 g/mol. The third-order valence-corrected chi connectivity index (χ3v) is 7.66. The van der Waals surface area contributed by atoms with Gasteiger partial charge in [-0.2, -0.15) is 0 Å². The fourth-order valence-electron chi connectivity index (χ4n) is 5.50. The van der Waals surface area contributed by atoms with Gasteiger partial charge in [-0.3, -0.25) is 0 Å². The average Bonchev–Trinajstić information content (AvgIpc) is 3.05. The first kappa shape index (κ1) is 26.5. The van der Waals surface area contributed by atoms with E-state index in [0.29, 0.717) is 13.2 Å². The van der Waals surface area contributed by atoms with Gasteiger partial charge in [0.2, 0.25) is 0 Å². The molecule has 0 unspecified atom stereocenters. The second-order valence-corrected chi connectivity index (χ2v) is 9.94. The molecule has 0 spiro atoms. The summed E-state index contributed by atoms with van der Waals surface area (Å²) in [4.78, 5) is 0. The van der Waals surface area contributed by atoms with Gasteiger partial charge in [0.1, 0.15) is 35.2 Å². The lowest BCUT2D eigenvalue weighted by molar-refractivity contribution is 0.000108. The Morgan fingerprint density at radius 2 is 1.15 bits per heavy atom. The smallest absolute Gasteiger partial charge is 0.144 e. The molecular formula is C36H32O5. The maximum Gasteiger partial charge on any atom is 0.144 e. The van der Waals surface area contributed by atoms with E-state index in [1.165, 1.54) is 0 Å². The molecule has 1 aliphatic heterocycles. The molecule has 0 aliphatic carbocycles. The number of hydrogen-bond acceptors (Lipinski definition) is 5. The van der Waals surface area contributed by atoms with Gasteiger partial charge in [-0.1, -0.05) is 72.8 Å². The molecule has 0 N–H and O–H groups in total. The van der Waals surface area contributed by atoms with Crippen molar-refractivity contribution in [2.75, 3.05) is 21.3 Å². The standard InChI is InChI=1S/C36H32O5/c1-37-30-14-10-28(11-15-30)36(27-7-5-4-6-8-27,29-12-16-31(38-2)17-13-29)41-23-25-9-19-34-33-20-18-32(39-3)22-26(33)24-40-35(34)21-25/h4-22H,23-24H2,1-3H3. The topological polar surface area (TPSA) is 46.2 Å². The van der Waals surface area contributed by atoms with Gasteiger partial charge in [0.15, 0.2) is 0 Å². The highest BCUT2D eigenvalue weighted by Gasteiger charge is 2.38. The van der Waals surface area contributed by atoms with Gasteiger partial charge in [-0.15, -0.1) is 0 Å². The van der Waals surface area contributed by atoms with Crippen molar-refractivity contribution < 1.29 is 23.7 Å². The number of fused-ring (bicyclic) bond motifs is 3. The molecule has 0 fully saturated rings. The van der Waals surface area contributed by atoms with Crippen molar-refractivity contribution in [2.24, 2.45) is 0 Å². The quantitative estimate of drug-likeness (QED) is 0.177. The van der Waals surface area contributed by atoms with Gasteiger partial charge in [0.05, 0.1) is 27.9 Å². The number of ether oxygens (including phenoxy) is 5. The molecule has 5 nitrogen and oxygen atoms in total. The van der Waals surface area contributed by atoms with E-state index < -0.39 is 5.60 Å². The normalized spacial score (nSPS) is 12.1. The van der Waals surface area contributed by atoms with Crippen molar-refractivity contribution in [1.29, 1.82) is 0 Å². The maximum absolute atomic E-state index is 7.06. The summed E-state index contributed by atoms with van der Waals surface area (Å²) >= 11 is 0. The Hall–Kier alpha value is -4.74. The molecule has 0 radical (unpaired) electrons. The summed E-state index contributed by atoms with van der Waals surface area (Å²) in [5, 5.41) is 0. The lowest BCUT2D eigenvalue weighted by Crippen LogP contribution is -2.32. The van der Waals surface area contributed by atoms with Gasteiger partial charge in [0, 0.05) is 11.1 Å². The summed E-state index contributed by atoms with van der Waals surface area (Å²) in [5.41, 5.74) is 6.48. The maximum atomic E-state index is 7.06. The Bertz CT molecular complexity index is 1580. The van der Waals surface area contributed by atoms with Crippen molar-refractivity contribution in [2.45, 2.75) is 18.8 Å². The molecule has 0 amide bonds. The highest BCUT2D eigenvalue weighted by atomic mass is 16.5. The average molecular weight is 545 g/mol. The van der Waals surface area contributed by atoms with Gasteiger partial charge in [-0.25, -0.2) is 0 Å². The van der Waals surface area contributed by atoms with Crippen LogP contribution in [0.4, 0.5) is 0 Å². The second kappa shape index (κ2) is 11.4. The fraction of sp³-hybridized carbons (Fsp3) is 0.167. The predicted octanol–water partition coefficient (Wildman–Crippen LogP) is 7.78. The molecule has 0 aromatic heterocycles. The molecule has 5 aromatic rings. The molecule has 0 bridgehead atoms. The highest BCUT2D eigenvalue weighted by Crippen LogP contribution is 2.44. The van der Waals surface area contributed by atoms with Crippen molar-refractivity contribution in [1.82, 2.24) is 0 Å². The molecular weight excluding hydrogens is 512 g/mol. The molecule has 5 aromatic carbocycles. The first-order chi connectivity index (χ1) is 20.1. The van der Waals surface area contributed by atoms with Gasteiger partial charge in [-0.05, 0) is 70.3 Å². The number of methoxy groups -OCH3 is 3. The first-order valence-electron chi connectivity index (χ1n) is 13.6. The van der Waals surface area contributed by atoms with Crippen LogP contribution in [0.5, 0.6) is 23.0 Å². The van der Waals surface area contributed by atoms with Crippen LogP contribution in [-0.4, -0.2) is 21.3 Å². The van der Waals surface area contributed by atoms with Crippen molar-refractivity contribution >= 4 is 0 Å². The Morgan fingerprint density at radius 3 is 1.76 bits per heavy atom. The van der Waals surface area contributed by atoms with Crippen LogP contribution in [-0.2, 0) is 23.6 Å². The van der Waals surface area contributed by atoms with Crippen LogP contribution in [0.25, 0.3) is 11.1 Å². The predicted molar refractivity (Wildman–Crippen MR) is 160 cm³/mol. The Labute approximate surface area is 240 Å². The second-order valence-electron chi connectivity index (χ2n) is 9.94. The molecule has 206 valence electrons. The van der Waals surface area contributed by atoms with E-state index in [1.54, 1.807) is 21.3 Å². The van der Waals surface area contributed by atoms with Crippen molar-refractivity contribution in [3.05, 3.63) is 143 Å². The molecule has 6 rings (SSSR count). The highest BCUT2D eigenvalue weighted by molar-refractivity contribution is 5.76. The van der Waals surface area contributed by atoms with Crippen LogP contribution in [0.15, 0.2) is 115 Å². The third-order valence-electron chi connectivity index (χ3n) is 7.66. The minimum Gasteiger partial charge on any atom is -0.497 e. The van der Waals surface area contributed by atoms with Crippen molar-refractivity contribution in [3.63, 3.8) is 0 Å².